The zero-order valence-corrected chi connectivity index (χ0v) is 41.1. The molecular weight excluding hydrogens is 810 g/mol. The van der Waals surface area contributed by atoms with Crippen LogP contribution in [0.2, 0.25) is 0 Å². The Labute approximate surface area is 386 Å². The van der Waals surface area contributed by atoms with Gasteiger partial charge in [0.15, 0.2) is 0 Å². The molecule has 10 heteroatoms. The Bertz CT molecular complexity index is 1260. The molecule has 63 heavy (non-hydrogen) atoms. The summed E-state index contributed by atoms with van der Waals surface area (Å²) in [6.07, 6.45) is 61.2. The summed E-state index contributed by atoms with van der Waals surface area (Å²) < 4.78 is 27.0. The zero-order chi connectivity index (χ0) is 46.0. The molecular formula is C53H94NO8P. The summed E-state index contributed by atoms with van der Waals surface area (Å²) in [6, 6.07) is 0. The number of carbonyl (C=O) groups excluding carboxylic acids is 2. The minimum absolute atomic E-state index is 0.0746. The molecule has 0 saturated heterocycles. The topological polar surface area (TPSA) is 131 Å². The van der Waals surface area contributed by atoms with Crippen LogP contribution < -0.4 is 5.32 Å². The van der Waals surface area contributed by atoms with Gasteiger partial charge in [0, 0.05) is 19.4 Å². The van der Waals surface area contributed by atoms with Gasteiger partial charge in [-0.2, -0.15) is 0 Å². The lowest BCUT2D eigenvalue weighted by molar-refractivity contribution is -0.147. The van der Waals surface area contributed by atoms with Crippen LogP contribution in [0.3, 0.4) is 0 Å². The van der Waals surface area contributed by atoms with E-state index in [0.717, 1.165) is 64.2 Å². The minimum Gasteiger partial charge on any atom is -0.463 e. The van der Waals surface area contributed by atoms with Gasteiger partial charge in [0.1, 0.15) is 12.7 Å². The summed E-state index contributed by atoms with van der Waals surface area (Å²) in [5, 5.41) is 12.7. The molecule has 0 aromatic rings. The molecule has 0 fully saturated rings. The number of unbranched alkanes of at least 4 members (excludes halogenated alkanes) is 22. The standard InChI is InChI=1S/C53H94NO8P/c1-3-5-7-9-11-13-15-17-19-21-23-24-25-26-28-29-31-33-35-37-39-41-43-45-52(56)54-47-48-61-63(58,59)62-50-51(55)49-60-53(57)46-44-42-40-38-36-34-32-30-27-22-20-18-16-14-12-10-8-6-4-2/h11-14,17-20,27,30,34,36,51,55H,3-10,15-16,21-26,28-29,31-33,35,37-50H2,1-2H3,(H,54,56)(H,58,59)/b13-11-,14-12-,19-17-,20-18-,30-27-,36-34-. The molecule has 0 saturated carbocycles. The predicted octanol–water partition coefficient (Wildman–Crippen LogP) is 15.0. The van der Waals surface area contributed by atoms with Crippen molar-refractivity contribution in [3.63, 3.8) is 0 Å². The third-order valence-electron chi connectivity index (χ3n) is 10.6. The molecule has 0 aromatic carbocycles. The van der Waals surface area contributed by atoms with Crippen molar-refractivity contribution in [3.05, 3.63) is 72.9 Å². The van der Waals surface area contributed by atoms with E-state index in [2.05, 4.69) is 92.1 Å². The van der Waals surface area contributed by atoms with Crippen LogP contribution in [0.1, 0.15) is 219 Å². The van der Waals surface area contributed by atoms with Crippen molar-refractivity contribution in [2.75, 3.05) is 26.4 Å². The Morgan fingerprint density at radius 1 is 0.492 bits per heavy atom. The molecule has 0 bridgehead atoms. The van der Waals surface area contributed by atoms with E-state index in [0.29, 0.717) is 12.8 Å². The average molecular weight is 904 g/mol. The van der Waals surface area contributed by atoms with Crippen molar-refractivity contribution in [2.45, 2.75) is 225 Å². The lowest BCUT2D eigenvalue weighted by Gasteiger charge is -2.15. The molecule has 9 nitrogen and oxygen atoms in total. The number of phosphoric ester groups is 1. The normalized spacial score (nSPS) is 13.8. The highest BCUT2D eigenvalue weighted by Gasteiger charge is 2.23. The van der Waals surface area contributed by atoms with Crippen LogP contribution in [0, 0.1) is 0 Å². The number of allylic oxidation sites excluding steroid dienone is 12. The Kier molecular flexibility index (Phi) is 46.9. The summed E-state index contributed by atoms with van der Waals surface area (Å²) in [5.74, 6) is -0.548. The minimum atomic E-state index is -4.43. The molecule has 0 aromatic heterocycles. The van der Waals surface area contributed by atoms with E-state index in [9.17, 15) is 24.2 Å². The van der Waals surface area contributed by atoms with Gasteiger partial charge < -0.3 is 20.1 Å². The fourth-order valence-electron chi connectivity index (χ4n) is 6.75. The van der Waals surface area contributed by atoms with E-state index >= 15 is 0 Å². The number of esters is 1. The lowest BCUT2D eigenvalue weighted by Crippen LogP contribution is -2.27. The second kappa shape index (κ2) is 48.9. The van der Waals surface area contributed by atoms with E-state index < -0.39 is 26.5 Å². The Balaban J connectivity index is 3.61. The van der Waals surface area contributed by atoms with Gasteiger partial charge in [-0.05, 0) is 89.9 Å². The van der Waals surface area contributed by atoms with E-state index in [1.54, 1.807) is 0 Å². The van der Waals surface area contributed by atoms with Crippen LogP contribution in [0.5, 0.6) is 0 Å². The molecule has 2 unspecified atom stereocenters. The Morgan fingerprint density at radius 3 is 1.30 bits per heavy atom. The van der Waals surface area contributed by atoms with Crippen LogP contribution in [0.25, 0.3) is 0 Å². The van der Waals surface area contributed by atoms with E-state index in [1.165, 1.54) is 122 Å². The third-order valence-corrected chi connectivity index (χ3v) is 11.6. The molecule has 0 heterocycles. The van der Waals surface area contributed by atoms with Crippen molar-refractivity contribution < 1.29 is 37.9 Å². The largest absolute Gasteiger partial charge is 0.472 e. The van der Waals surface area contributed by atoms with Crippen molar-refractivity contribution in [1.29, 1.82) is 0 Å². The van der Waals surface area contributed by atoms with Gasteiger partial charge >= 0.3 is 13.8 Å². The number of amides is 1. The molecule has 3 N–H and O–H groups in total. The molecule has 364 valence electrons. The van der Waals surface area contributed by atoms with Gasteiger partial charge in [0.05, 0.1) is 13.2 Å². The van der Waals surface area contributed by atoms with Crippen LogP contribution >= 0.6 is 7.82 Å². The first-order valence-corrected chi connectivity index (χ1v) is 26.9. The molecule has 0 aliphatic heterocycles. The van der Waals surface area contributed by atoms with Crippen molar-refractivity contribution >= 4 is 19.7 Å². The average Bonchev–Trinajstić information content (AvgIpc) is 3.27. The molecule has 0 spiro atoms. The van der Waals surface area contributed by atoms with Crippen molar-refractivity contribution in [3.8, 4) is 0 Å². The van der Waals surface area contributed by atoms with Gasteiger partial charge in [-0.3, -0.25) is 18.6 Å². The summed E-state index contributed by atoms with van der Waals surface area (Å²) in [7, 11) is -4.43. The van der Waals surface area contributed by atoms with Gasteiger partial charge in [-0.25, -0.2) is 4.57 Å². The van der Waals surface area contributed by atoms with E-state index in [4.69, 9.17) is 13.8 Å². The zero-order valence-electron chi connectivity index (χ0n) is 40.3. The summed E-state index contributed by atoms with van der Waals surface area (Å²) in [5.41, 5.74) is 0. The molecule has 2 atom stereocenters. The highest BCUT2D eigenvalue weighted by Crippen LogP contribution is 2.42. The van der Waals surface area contributed by atoms with Crippen LogP contribution in [-0.2, 0) is 27.9 Å². The van der Waals surface area contributed by atoms with Crippen molar-refractivity contribution in [1.82, 2.24) is 5.32 Å². The fraction of sp³-hybridized carbons (Fsp3) is 0.736. The van der Waals surface area contributed by atoms with Gasteiger partial charge in [-0.1, -0.05) is 189 Å². The summed E-state index contributed by atoms with van der Waals surface area (Å²) >= 11 is 0. The number of phosphoric acid groups is 1. The second-order valence-electron chi connectivity index (χ2n) is 16.8. The first-order chi connectivity index (χ1) is 30.8. The van der Waals surface area contributed by atoms with Crippen LogP contribution in [-0.4, -0.2) is 54.3 Å². The SMILES string of the molecule is CCCCC/C=C\C/C=C\C/C=C\C/C=C\CCCCCC(=O)OCC(O)COP(=O)(O)OCCNC(=O)CCCCCCCCCCCCCCC/C=C\C/C=C\CCCCC. The molecule has 1 amide bonds. The summed E-state index contributed by atoms with van der Waals surface area (Å²) in [6.45, 7) is 3.48. The number of hydrogen-bond donors (Lipinski definition) is 3. The molecule has 0 radical (unpaired) electrons. The molecule has 0 aliphatic rings. The Hall–Kier alpha value is -2.55. The number of ether oxygens (including phenoxy) is 1. The Morgan fingerprint density at radius 2 is 0.857 bits per heavy atom. The van der Waals surface area contributed by atoms with Gasteiger partial charge in [0.2, 0.25) is 5.91 Å². The van der Waals surface area contributed by atoms with E-state index in [1.807, 2.05) is 0 Å². The third kappa shape index (κ3) is 50.3. The number of rotatable bonds is 47. The fourth-order valence-corrected chi connectivity index (χ4v) is 7.50. The predicted molar refractivity (Wildman–Crippen MR) is 266 cm³/mol. The first-order valence-electron chi connectivity index (χ1n) is 25.4. The number of aliphatic hydroxyl groups is 1. The first kappa shape index (κ1) is 60.5. The molecule has 0 rings (SSSR count). The number of carbonyl (C=O) groups is 2. The van der Waals surface area contributed by atoms with Crippen molar-refractivity contribution in [2.24, 2.45) is 0 Å². The highest BCUT2D eigenvalue weighted by molar-refractivity contribution is 7.47. The number of aliphatic hydroxyl groups excluding tert-OH is 1. The van der Waals surface area contributed by atoms with E-state index in [-0.39, 0.29) is 32.1 Å². The monoisotopic (exact) mass is 904 g/mol. The number of nitrogens with one attached hydrogen (secondary N) is 1. The maximum Gasteiger partial charge on any atom is 0.472 e. The van der Waals surface area contributed by atoms with Gasteiger partial charge in [-0.15, -0.1) is 0 Å². The molecule has 0 aliphatic carbocycles. The van der Waals surface area contributed by atoms with Crippen LogP contribution in [0.4, 0.5) is 0 Å². The second-order valence-corrected chi connectivity index (χ2v) is 18.2. The van der Waals surface area contributed by atoms with Gasteiger partial charge in [0.25, 0.3) is 0 Å². The highest BCUT2D eigenvalue weighted by atomic mass is 31.2. The smallest absolute Gasteiger partial charge is 0.463 e. The van der Waals surface area contributed by atoms with Crippen LogP contribution in [0.15, 0.2) is 72.9 Å². The quantitative estimate of drug-likeness (QED) is 0.0238. The lowest BCUT2D eigenvalue weighted by atomic mass is 10.0. The maximum atomic E-state index is 12.1. The summed E-state index contributed by atoms with van der Waals surface area (Å²) in [4.78, 5) is 34.1. The number of hydrogen-bond acceptors (Lipinski definition) is 7. The maximum absolute atomic E-state index is 12.1.